The highest BCUT2D eigenvalue weighted by molar-refractivity contribution is 5.24. The predicted molar refractivity (Wildman–Crippen MR) is 68.1 cm³/mol. The van der Waals surface area contributed by atoms with Gasteiger partial charge in [-0.2, -0.15) is 0 Å². The second kappa shape index (κ2) is 5.87. The van der Waals surface area contributed by atoms with Crippen LogP contribution in [-0.2, 0) is 15.0 Å². The number of hydrogen-bond donors (Lipinski definition) is 0. The molecule has 0 aromatic heterocycles. The highest BCUT2D eigenvalue weighted by Gasteiger charge is 2.30. The summed E-state index contributed by atoms with van der Waals surface area (Å²) in [6.45, 7) is 3.73. The van der Waals surface area contributed by atoms with Gasteiger partial charge in [0.05, 0.1) is 31.5 Å². The van der Waals surface area contributed by atoms with E-state index < -0.39 is 5.54 Å². The fraction of sp³-hybridized carbons (Fsp3) is 0.538. The molecule has 2 unspecified atom stereocenters. The highest BCUT2D eigenvalue weighted by atomic mass is 16.6. The average Bonchev–Trinajstić information content (AvgIpc) is 2.41. The van der Waals surface area contributed by atoms with Gasteiger partial charge in [-0.05, 0) is 24.4 Å². The molecule has 0 saturated carbocycles. The van der Waals surface area contributed by atoms with Gasteiger partial charge in [-0.25, -0.2) is 0 Å². The molecule has 96 valence electrons. The first kappa shape index (κ1) is 12.9. The lowest BCUT2D eigenvalue weighted by Crippen LogP contribution is -2.34. The zero-order chi connectivity index (χ0) is 12.8. The molecule has 1 aliphatic rings. The molecule has 1 fully saturated rings. The van der Waals surface area contributed by atoms with Crippen LogP contribution < -0.4 is 0 Å². The topological polar surface area (TPSA) is 67.2 Å². The number of benzene rings is 1. The Morgan fingerprint density at radius 3 is 2.78 bits per heavy atom. The molecule has 2 atom stereocenters. The van der Waals surface area contributed by atoms with Gasteiger partial charge < -0.3 is 9.47 Å². The number of azide groups is 1. The average molecular weight is 247 g/mol. The minimum Gasteiger partial charge on any atom is -0.376 e. The summed E-state index contributed by atoms with van der Waals surface area (Å²) in [4.78, 5) is 2.98. The molecule has 1 aromatic rings. The molecule has 1 aromatic carbocycles. The molecular formula is C13H17N3O2. The van der Waals surface area contributed by atoms with E-state index in [0.717, 1.165) is 5.56 Å². The van der Waals surface area contributed by atoms with Gasteiger partial charge in [0, 0.05) is 4.91 Å². The SMILES string of the molecule is CC(CC1COCCO1)(N=[N+]=[N-])c1ccccc1. The lowest BCUT2D eigenvalue weighted by atomic mass is 9.87. The Kier molecular flexibility index (Phi) is 4.20. The van der Waals surface area contributed by atoms with Crippen molar-refractivity contribution in [3.05, 3.63) is 46.3 Å². The maximum Gasteiger partial charge on any atom is 0.0819 e. The Hall–Kier alpha value is -1.55. The van der Waals surface area contributed by atoms with Crippen molar-refractivity contribution in [3.63, 3.8) is 0 Å². The van der Waals surface area contributed by atoms with E-state index in [2.05, 4.69) is 10.0 Å². The standard InChI is InChI=1S/C13H17N3O2/c1-13(15-16-14,11-5-3-2-4-6-11)9-12-10-17-7-8-18-12/h2-6,12H,7-10H2,1H3. The summed E-state index contributed by atoms with van der Waals surface area (Å²) in [6.07, 6.45) is 0.607. The van der Waals surface area contributed by atoms with Crippen LogP contribution in [0.2, 0.25) is 0 Å². The van der Waals surface area contributed by atoms with Crippen molar-refractivity contribution >= 4 is 0 Å². The van der Waals surface area contributed by atoms with Gasteiger partial charge in [-0.3, -0.25) is 0 Å². The third-order valence-electron chi connectivity index (χ3n) is 3.17. The predicted octanol–water partition coefficient (Wildman–Crippen LogP) is 3.02. The van der Waals surface area contributed by atoms with Gasteiger partial charge in [0.15, 0.2) is 0 Å². The maximum absolute atomic E-state index is 8.78. The van der Waals surface area contributed by atoms with Crippen LogP contribution in [0, 0.1) is 0 Å². The lowest BCUT2D eigenvalue weighted by molar-refractivity contribution is -0.0969. The first-order chi connectivity index (χ1) is 8.74. The summed E-state index contributed by atoms with van der Waals surface area (Å²) in [5.41, 5.74) is 9.18. The Balaban J connectivity index is 2.18. The van der Waals surface area contributed by atoms with Gasteiger partial charge in [0.25, 0.3) is 0 Å². The molecule has 18 heavy (non-hydrogen) atoms. The summed E-state index contributed by atoms with van der Waals surface area (Å²) >= 11 is 0. The second-order valence-corrected chi connectivity index (χ2v) is 4.60. The van der Waals surface area contributed by atoms with Gasteiger partial charge in [-0.15, -0.1) is 0 Å². The molecule has 0 aliphatic carbocycles. The summed E-state index contributed by atoms with van der Waals surface area (Å²) in [5, 5.41) is 3.97. The van der Waals surface area contributed by atoms with Crippen molar-refractivity contribution < 1.29 is 9.47 Å². The molecule has 1 heterocycles. The smallest absolute Gasteiger partial charge is 0.0819 e. The van der Waals surface area contributed by atoms with Gasteiger partial charge >= 0.3 is 0 Å². The number of nitrogens with zero attached hydrogens (tertiary/aromatic N) is 3. The van der Waals surface area contributed by atoms with Crippen molar-refractivity contribution in [3.8, 4) is 0 Å². The summed E-state index contributed by atoms with van der Waals surface area (Å²) in [6, 6.07) is 9.77. The van der Waals surface area contributed by atoms with Gasteiger partial charge in [0.1, 0.15) is 0 Å². The van der Waals surface area contributed by atoms with Crippen LogP contribution in [0.1, 0.15) is 18.9 Å². The first-order valence-electron chi connectivity index (χ1n) is 6.06. The van der Waals surface area contributed by atoms with Crippen molar-refractivity contribution in [2.45, 2.75) is 25.0 Å². The van der Waals surface area contributed by atoms with Crippen LogP contribution in [-0.4, -0.2) is 25.9 Å². The van der Waals surface area contributed by atoms with Crippen molar-refractivity contribution in [1.82, 2.24) is 0 Å². The van der Waals surface area contributed by atoms with Crippen LogP contribution in [0.5, 0.6) is 0 Å². The normalized spacial score (nSPS) is 22.8. The molecular weight excluding hydrogens is 230 g/mol. The Morgan fingerprint density at radius 2 is 2.17 bits per heavy atom. The lowest BCUT2D eigenvalue weighted by Gasteiger charge is -2.31. The van der Waals surface area contributed by atoms with E-state index in [1.807, 2.05) is 37.3 Å². The van der Waals surface area contributed by atoms with Crippen LogP contribution in [0.3, 0.4) is 0 Å². The van der Waals surface area contributed by atoms with E-state index in [0.29, 0.717) is 26.2 Å². The molecule has 0 bridgehead atoms. The molecule has 5 nitrogen and oxygen atoms in total. The summed E-state index contributed by atoms with van der Waals surface area (Å²) in [7, 11) is 0. The molecule has 0 amide bonds. The first-order valence-corrected chi connectivity index (χ1v) is 6.06. The highest BCUT2D eigenvalue weighted by Crippen LogP contribution is 2.32. The van der Waals surface area contributed by atoms with Crippen molar-refractivity contribution in [2.75, 3.05) is 19.8 Å². The fourth-order valence-electron chi connectivity index (χ4n) is 2.21. The monoisotopic (exact) mass is 247 g/mol. The molecule has 2 rings (SSSR count). The third kappa shape index (κ3) is 3.01. The number of rotatable bonds is 4. The van der Waals surface area contributed by atoms with Gasteiger partial charge in [0.2, 0.25) is 0 Å². The fourth-order valence-corrected chi connectivity index (χ4v) is 2.21. The zero-order valence-electron chi connectivity index (χ0n) is 10.5. The van der Waals surface area contributed by atoms with E-state index in [4.69, 9.17) is 15.0 Å². The Bertz CT molecular complexity index is 425. The van der Waals surface area contributed by atoms with Crippen molar-refractivity contribution in [2.24, 2.45) is 5.11 Å². The number of hydrogen-bond acceptors (Lipinski definition) is 3. The summed E-state index contributed by atoms with van der Waals surface area (Å²) < 4.78 is 11.0. The molecule has 0 N–H and O–H groups in total. The Labute approximate surface area is 106 Å². The van der Waals surface area contributed by atoms with Gasteiger partial charge in [-0.1, -0.05) is 35.4 Å². The minimum absolute atomic E-state index is 0.0190. The minimum atomic E-state index is -0.596. The molecule has 1 aliphatic heterocycles. The molecule has 0 spiro atoms. The Morgan fingerprint density at radius 1 is 1.39 bits per heavy atom. The quantitative estimate of drug-likeness (QED) is 0.466. The number of ether oxygens (including phenoxy) is 2. The van der Waals surface area contributed by atoms with Crippen LogP contribution in [0.4, 0.5) is 0 Å². The summed E-state index contributed by atoms with van der Waals surface area (Å²) in [5.74, 6) is 0. The molecule has 1 saturated heterocycles. The molecule has 0 radical (unpaired) electrons. The van der Waals surface area contributed by atoms with E-state index in [9.17, 15) is 0 Å². The van der Waals surface area contributed by atoms with Crippen LogP contribution >= 0.6 is 0 Å². The van der Waals surface area contributed by atoms with Crippen LogP contribution in [0.25, 0.3) is 10.4 Å². The zero-order valence-corrected chi connectivity index (χ0v) is 10.5. The molecule has 5 heteroatoms. The van der Waals surface area contributed by atoms with Crippen molar-refractivity contribution in [1.29, 1.82) is 0 Å². The largest absolute Gasteiger partial charge is 0.376 e. The maximum atomic E-state index is 8.78. The van der Waals surface area contributed by atoms with E-state index in [1.54, 1.807) is 0 Å². The van der Waals surface area contributed by atoms with E-state index in [-0.39, 0.29) is 6.10 Å². The van der Waals surface area contributed by atoms with E-state index >= 15 is 0 Å². The second-order valence-electron chi connectivity index (χ2n) is 4.60. The van der Waals surface area contributed by atoms with Crippen LogP contribution in [0.15, 0.2) is 35.4 Å². The van der Waals surface area contributed by atoms with E-state index in [1.165, 1.54) is 0 Å². The third-order valence-corrected chi connectivity index (χ3v) is 3.17.